The quantitative estimate of drug-likeness (QED) is 0.640. The zero-order valence-electron chi connectivity index (χ0n) is 6.91. The highest BCUT2D eigenvalue weighted by molar-refractivity contribution is 5.74. The molecule has 2 fully saturated rings. The molecule has 4 nitrogen and oxygen atoms in total. The third-order valence-corrected chi connectivity index (χ3v) is 2.48. The largest absolute Gasteiger partial charge is 0.480 e. The molecule has 0 spiro atoms. The number of morpholine rings is 1. The van der Waals surface area contributed by atoms with Gasteiger partial charge in [0.2, 0.25) is 0 Å². The third kappa shape index (κ3) is 1.46. The smallest absolute Gasteiger partial charge is 0.395 e. The Balaban J connectivity index is 1.98. The second-order valence-electron chi connectivity index (χ2n) is 3.45. The average molecular weight is 211 g/mol. The molecule has 2 rings (SSSR count). The summed E-state index contributed by atoms with van der Waals surface area (Å²) in [6.45, 7) is -0.205. The first-order valence-electron chi connectivity index (χ1n) is 4.08. The maximum Gasteiger partial charge on any atom is 0.395 e. The van der Waals surface area contributed by atoms with Crippen LogP contribution in [0.25, 0.3) is 0 Å². The van der Waals surface area contributed by atoms with Crippen molar-refractivity contribution in [2.45, 2.75) is 24.4 Å². The summed E-state index contributed by atoms with van der Waals surface area (Å²) < 4.78 is 41.4. The second-order valence-corrected chi connectivity index (χ2v) is 3.45. The van der Waals surface area contributed by atoms with Crippen molar-refractivity contribution in [3.05, 3.63) is 0 Å². The zero-order chi connectivity index (χ0) is 10.5. The average Bonchev–Trinajstić information content (AvgIpc) is 2.74. The minimum Gasteiger partial charge on any atom is -0.480 e. The van der Waals surface area contributed by atoms with E-state index in [0.29, 0.717) is 0 Å². The van der Waals surface area contributed by atoms with Crippen LogP contribution in [-0.4, -0.2) is 42.0 Å². The fourth-order valence-corrected chi connectivity index (χ4v) is 1.71. The number of nitrogens with one attached hydrogen (secondary N) is 1. The molecule has 14 heavy (non-hydrogen) atoms. The number of ether oxygens (including phenoxy) is 1. The molecule has 0 bridgehead atoms. The molecular formula is C7H8F3NO3. The lowest BCUT2D eigenvalue weighted by molar-refractivity contribution is -0.156. The molecule has 0 radical (unpaired) electrons. The Labute approximate surface area is 77.0 Å². The minimum absolute atomic E-state index is 0.205. The van der Waals surface area contributed by atoms with E-state index in [1.54, 1.807) is 0 Å². The Hall–Kier alpha value is -0.820. The first-order valence-corrected chi connectivity index (χ1v) is 4.08. The van der Waals surface area contributed by atoms with Gasteiger partial charge in [-0.1, -0.05) is 0 Å². The molecule has 1 aliphatic heterocycles. The van der Waals surface area contributed by atoms with Crippen LogP contribution in [0.4, 0.5) is 13.2 Å². The maximum atomic E-state index is 12.2. The molecule has 0 aromatic rings. The van der Waals surface area contributed by atoms with Crippen LogP contribution in [0.1, 0.15) is 0 Å². The van der Waals surface area contributed by atoms with Gasteiger partial charge in [-0.05, 0) is 0 Å². The van der Waals surface area contributed by atoms with E-state index in [1.807, 2.05) is 0 Å². The van der Waals surface area contributed by atoms with Crippen LogP contribution < -0.4 is 5.32 Å². The van der Waals surface area contributed by atoms with E-state index in [4.69, 9.17) is 9.84 Å². The first-order chi connectivity index (χ1) is 6.41. The number of alkyl halides is 3. The number of carboxylic acids is 1. The first kappa shape index (κ1) is 9.72. The molecule has 7 heteroatoms. The molecule has 1 saturated heterocycles. The monoisotopic (exact) mass is 211 g/mol. The van der Waals surface area contributed by atoms with Crippen molar-refractivity contribution in [3.63, 3.8) is 0 Å². The standard InChI is InChI=1S/C7H8F3NO3/c8-7(9,10)3-4-5(3)14-1-2(11-4)6(12)13/h2-5,11H,1H2,(H,12,13)/t2-,3+,4-,5+/m0/s1. The van der Waals surface area contributed by atoms with Gasteiger partial charge < -0.3 is 9.84 Å². The molecule has 0 aromatic carbocycles. The number of carbonyl (C=O) groups is 1. The van der Waals surface area contributed by atoms with Gasteiger partial charge in [-0.15, -0.1) is 0 Å². The van der Waals surface area contributed by atoms with Gasteiger partial charge in [0.25, 0.3) is 0 Å². The predicted octanol–water partition coefficient (Wildman–Crippen LogP) is -0.0113. The molecule has 1 aliphatic carbocycles. The van der Waals surface area contributed by atoms with Gasteiger partial charge in [-0.25, -0.2) is 0 Å². The number of aliphatic carboxylic acids is 1. The predicted molar refractivity (Wildman–Crippen MR) is 37.6 cm³/mol. The SMILES string of the molecule is O=C(O)[C@@H]1CO[C@H]2[C@@H](N1)[C@H]2C(F)(F)F. The van der Waals surface area contributed by atoms with Gasteiger partial charge in [-0.2, -0.15) is 13.2 Å². The Morgan fingerprint density at radius 1 is 1.50 bits per heavy atom. The molecule has 1 heterocycles. The van der Waals surface area contributed by atoms with Crippen molar-refractivity contribution in [1.82, 2.24) is 5.32 Å². The fraction of sp³-hybridized carbons (Fsp3) is 0.857. The Kier molecular flexibility index (Phi) is 1.97. The van der Waals surface area contributed by atoms with E-state index in [1.165, 1.54) is 0 Å². The molecule has 80 valence electrons. The summed E-state index contributed by atoms with van der Waals surface area (Å²) in [7, 11) is 0. The van der Waals surface area contributed by atoms with Crippen molar-refractivity contribution < 1.29 is 27.8 Å². The Morgan fingerprint density at radius 3 is 2.64 bits per heavy atom. The molecule has 1 saturated carbocycles. The van der Waals surface area contributed by atoms with Gasteiger partial charge in [0.1, 0.15) is 12.0 Å². The number of rotatable bonds is 1. The van der Waals surface area contributed by atoms with E-state index < -0.39 is 36.3 Å². The number of carboxylic acid groups (broad SMARTS) is 1. The number of halogens is 3. The van der Waals surface area contributed by atoms with Crippen LogP contribution in [0.3, 0.4) is 0 Å². The van der Waals surface area contributed by atoms with Crippen molar-refractivity contribution in [1.29, 1.82) is 0 Å². The summed E-state index contributed by atoms with van der Waals surface area (Å²) in [4.78, 5) is 10.5. The third-order valence-electron chi connectivity index (χ3n) is 2.48. The van der Waals surface area contributed by atoms with Gasteiger partial charge in [0, 0.05) is 6.04 Å². The topological polar surface area (TPSA) is 58.6 Å². The van der Waals surface area contributed by atoms with Gasteiger partial charge in [0.05, 0.1) is 12.7 Å². The normalized spacial score (nSPS) is 41.6. The highest BCUT2D eigenvalue weighted by atomic mass is 19.4. The molecule has 0 amide bonds. The van der Waals surface area contributed by atoms with Crippen LogP contribution in [0, 0.1) is 5.92 Å². The maximum absolute atomic E-state index is 12.2. The highest BCUT2D eigenvalue weighted by Gasteiger charge is 2.67. The summed E-state index contributed by atoms with van der Waals surface area (Å²) in [5, 5.41) is 10.9. The van der Waals surface area contributed by atoms with Crippen molar-refractivity contribution in [3.8, 4) is 0 Å². The van der Waals surface area contributed by atoms with Gasteiger partial charge in [-0.3, -0.25) is 10.1 Å². The van der Waals surface area contributed by atoms with Crippen LogP contribution in [0.5, 0.6) is 0 Å². The van der Waals surface area contributed by atoms with Gasteiger partial charge in [0.15, 0.2) is 0 Å². The molecular weight excluding hydrogens is 203 g/mol. The van der Waals surface area contributed by atoms with E-state index in [2.05, 4.69) is 5.32 Å². The van der Waals surface area contributed by atoms with E-state index >= 15 is 0 Å². The molecule has 2 N–H and O–H groups in total. The molecule has 4 atom stereocenters. The zero-order valence-corrected chi connectivity index (χ0v) is 6.91. The van der Waals surface area contributed by atoms with Crippen LogP contribution in [-0.2, 0) is 9.53 Å². The van der Waals surface area contributed by atoms with E-state index in [-0.39, 0.29) is 6.61 Å². The summed E-state index contributed by atoms with van der Waals surface area (Å²) in [6.07, 6.45) is -5.21. The molecule has 2 aliphatic rings. The van der Waals surface area contributed by atoms with Crippen molar-refractivity contribution >= 4 is 5.97 Å². The number of hydrogen-bond acceptors (Lipinski definition) is 3. The number of hydrogen-bond donors (Lipinski definition) is 2. The Morgan fingerprint density at radius 2 is 2.14 bits per heavy atom. The highest BCUT2D eigenvalue weighted by Crippen LogP contribution is 2.48. The lowest BCUT2D eigenvalue weighted by Crippen LogP contribution is -2.46. The lowest BCUT2D eigenvalue weighted by atomic mass is 10.3. The Bertz CT molecular complexity index is 267. The summed E-state index contributed by atoms with van der Waals surface area (Å²) in [6, 6.07) is -1.91. The fourth-order valence-electron chi connectivity index (χ4n) is 1.71. The minimum atomic E-state index is -4.31. The van der Waals surface area contributed by atoms with E-state index in [0.717, 1.165) is 0 Å². The van der Waals surface area contributed by atoms with Gasteiger partial charge >= 0.3 is 12.1 Å². The van der Waals surface area contributed by atoms with Crippen molar-refractivity contribution in [2.24, 2.45) is 5.92 Å². The molecule has 0 aromatic heterocycles. The van der Waals surface area contributed by atoms with Crippen molar-refractivity contribution in [2.75, 3.05) is 6.61 Å². The lowest BCUT2D eigenvalue weighted by Gasteiger charge is -2.18. The molecule has 0 unspecified atom stereocenters. The number of fused-ring (bicyclic) bond motifs is 1. The van der Waals surface area contributed by atoms with Crippen LogP contribution in [0.2, 0.25) is 0 Å². The second kappa shape index (κ2) is 2.83. The summed E-state index contributed by atoms with van der Waals surface area (Å²) in [5.41, 5.74) is 0. The summed E-state index contributed by atoms with van der Waals surface area (Å²) >= 11 is 0. The van der Waals surface area contributed by atoms with Crippen LogP contribution >= 0.6 is 0 Å². The summed E-state index contributed by atoms with van der Waals surface area (Å²) in [5.74, 6) is -2.73. The van der Waals surface area contributed by atoms with Crippen LogP contribution in [0.15, 0.2) is 0 Å². The van der Waals surface area contributed by atoms with E-state index in [9.17, 15) is 18.0 Å².